The SMILES string of the molecule is CC1CNC(C)(C2CC2)CN1C1CCCN(C)C1. The number of rotatable bonds is 2. The van der Waals surface area contributed by atoms with Gasteiger partial charge in [-0.1, -0.05) is 0 Å². The molecule has 0 amide bonds. The van der Waals surface area contributed by atoms with Gasteiger partial charge in [-0.05, 0) is 59.0 Å². The first kappa shape index (κ1) is 12.9. The Hall–Kier alpha value is -0.120. The van der Waals surface area contributed by atoms with Crippen molar-refractivity contribution in [3.8, 4) is 0 Å². The lowest BCUT2D eigenvalue weighted by Gasteiger charge is -2.50. The fraction of sp³-hybridized carbons (Fsp3) is 1.00. The summed E-state index contributed by atoms with van der Waals surface area (Å²) in [6.45, 7) is 9.84. The molecule has 18 heavy (non-hydrogen) atoms. The maximum Gasteiger partial charge on any atom is 0.0309 e. The zero-order chi connectivity index (χ0) is 12.8. The fourth-order valence-electron chi connectivity index (χ4n) is 3.98. The van der Waals surface area contributed by atoms with Crippen LogP contribution in [0.25, 0.3) is 0 Å². The Bertz CT molecular complexity index is 302. The van der Waals surface area contributed by atoms with E-state index in [2.05, 4.69) is 36.0 Å². The first-order valence-electron chi connectivity index (χ1n) is 7.78. The Morgan fingerprint density at radius 2 is 2.00 bits per heavy atom. The van der Waals surface area contributed by atoms with Crippen LogP contribution in [0.1, 0.15) is 39.5 Å². The third-order valence-corrected chi connectivity index (χ3v) is 5.43. The summed E-state index contributed by atoms with van der Waals surface area (Å²) in [5, 5.41) is 3.83. The first-order valence-corrected chi connectivity index (χ1v) is 7.78. The van der Waals surface area contributed by atoms with Crippen LogP contribution in [0.2, 0.25) is 0 Å². The summed E-state index contributed by atoms with van der Waals surface area (Å²) in [7, 11) is 2.28. The fourth-order valence-corrected chi connectivity index (χ4v) is 3.98. The van der Waals surface area contributed by atoms with Crippen molar-refractivity contribution in [1.82, 2.24) is 15.1 Å². The minimum Gasteiger partial charge on any atom is -0.308 e. The Balaban J connectivity index is 1.68. The quantitative estimate of drug-likeness (QED) is 0.803. The minimum atomic E-state index is 0.391. The van der Waals surface area contributed by atoms with E-state index in [0.29, 0.717) is 11.6 Å². The van der Waals surface area contributed by atoms with Crippen molar-refractivity contribution in [2.24, 2.45) is 5.92 Å². The van der Waals surface area contributed by atoms with E-state index in [1.807, 2.05) is 0 Å². The molecule has 0 aromatic rings. The Morgan fingerprint density at radius 1 is 1.22 bits per heavy atom. The number of likely N-dealkylation sites (tertiary alicyclic amines) is 1. The van der Waals surface area contributed by atoms with Crippen molar-refractivity contribution in [3.05, 3.63) is 0 Å². The largest absolute Gasteiger partial charge is 0.308 e. The van der Waals surface area contributed by atoms with Gasteiger partial charge in [0.2, 0.25) is 0 Å². The summed E-state index contributed by atoms with van der Waals surface area (Å²) in [5.41, 5.74) is 0.391. The summed E-state index contributed by atoms with van der Waals surface area (Å²) in [6.07, 6.45) is 5.65. The van der Waals surface area contributed by atoms with Gasteiger partial charge in [-0.3, -0.25) is 4.90 Å². The van der Waals surface area contributed by atoms with Crippen molar-refractivity contribution in [2.75, 3.05) is 33.2 Å². The molecule has 3 unspecified atom stereocenters. The van der Waals surface area contributed by atoms with Crippen LogP contribution in [0.3, 0.4) is 0 Å². The van der Waals surface area contributed by atoms with Crippen LogP contribution in [-0.2, 0) is 0 Å². The monoisotopic (exact) mass is 251 g/mol. The van der Waals surface area contributed by atoms with Gasteiger partial charge in [0, 0.05) is 37.3 Å². The standard InChI is InChI=1S/C15H29N3/c1-12-9-16-15(2,13-6-7-13)11-18(12)14-5-4-8-17(3)10-14/h12-14,16H,4-11H2,1-3H3. The Morgan fingerprint density at radius 3 is 2.67 bits per heavy atom. The molecule has 0 spiro atoms. The number of piperidine rings is 1. The van der Waals surface area contributed by atoms with E-state index in [1.165, 1.54) is 51.9 Å². The van der Waals surface area contributed by atoms with Crippen molar-refractivity contribution in [2.45, 2.75) is 57.2 Å². The molecule has 2 saturated heterocycles. The topological polar surface area (TPSA) is 18.5 Å². The highest BCUT2D eigenvalue weighted by Gasteiger charge is 2.46. The molecule has 1 N–H and O–H groups in total. The van der Waals surface area contributed by atoms with Crippen molar-refractivity contribution in [1.29, 1.82) is 0 Å². The molecule has 2 aliphatic heterocycles. The summed E-state index contributed by atoms with van der Waals surface area (Å²) in [5.74, 6) is 0.939. The van der Waals surface area contributed by atoms with E-state index >= 15 is 0 Å². The highest BCUT2D eigenvalue weighted by molar-refractivity contribution is 5.05. The van der Waals surface area contributed by atoms with Gasteiger partial charge in [0.25, 0.3) is 0 Å². The highest BCUT2D eigenvalue weighted by atomic mass is 15.3. The van der Waals surface area contributed by atoms with Crippen LogP contribution >= 0.6 is 0 Å². The second-order valence-electron chi connectivity index (χ2n) is 7.15. The maximum atomic E-state index is 3.83. The van der Waals surface area contributed by atoms with Crippen LogP contribution in [0.15, 0.2) is 0 Å². The number of nitrogens with one attached hydrogen (secondary N) is 1. The third-order valence-electron chi connectivity index (χ3n) is 5.43. The summed E-state index contributed by atoms with van der Waals surface area (Å²) < 4.78 is 0. The molecule has 0 radical (unpaired) electrons. The molecule has 1 saturated carbocycles. The number of hydrogen-bond acceptors (Lipinski definition) is 3. The highest BCUT2D eigenvalue weighted by Crippen LogP contribution is 2.41. The van der Waals surface area contributed by atoms with Gasteiger partial charge in [-0.2, -0.15) is 0 Å². The molecular weight excluding hydrogens is 222 g/mol. The lowest BCUT2D eigenvalue weighted by Crippen LogP contribution is -2.66. The lowest BCUT2D eigenvalue weighted by molar-refractivity contribution is 0.0179. The molecule has 3 aliphatic rings. The maximum absolute atomic E-state index is 3.83. The van der Waals surface area contributed by atoms with Crippen molar-refractivity contribution in [3.63, 3.8) is 0 Å². The van der Waals surface area contributed by atoms with E-state index in [9.17, 15) is 0 Å². The zero-order valence-corrected chi connectivity index (χ0v) is 12.3. The second kappa shape index (κ2) is 4.77. The molecule has 0 aromatic carbocycles. The molecule has 0 aromatic heterocycles. The summed E-state index contributed by atoms with van der Waals surface area (Å²) >= 11 is 0. The minimum absolute atomic E-state index is 0.391. The van der Waals surface area contributed by atoms with Gasteiger partial charge in [-0.15, -0.1) is 0 Å². The van der Waals surface area contributed by atoms with Gasteiger partial charge in [0.15, 0.2) is 0 Å². The van der Waals surface area contributed by atoms with Crippen LogP contribution in [0, 0.1) is 5.92 Å². The average molecular weight is 251 g/mol. The van der Waals surface area contributed by atoms with E-state index in [-0.39, 0.29) is 0 Å². The molecule has 104 valence electrons. The number of hydrogen-bond donors (Lipinski definition) is 1. The van der Waals surface area contributed by atoms with E-state index < -0.39 is 0 Å². The molecule has 1 aliphatic carbocycles. The molecule has 0 bridgehead atoms. The van der Waals surface area contributed by atoms with Crippen LogP contribution in [0.4, 0.5) is 0 Å². The second-order valence-corrected chi connectivity index (χ2v) is 7.15. The van der Waals surface area contributed by atoms with Crippen molar-refractivity contribution < 1.29 is 0 Å². The number of likely N-dealkylation sites (N-methyl/N-ethyl adjacent to an activating group) is 1. The van der Waals surface area contributed by atoms with Gasteiger partial charge >= 0.3 is 0 Å². The summed E-state index contributed by atoms with van der Waals surface area (Å²) in [6, 6.07) is 1.49. The molecule has 3 rings (SSSR count). The molecular formula is C15H29N3. The molecule has 3 atom stereocenters. The van der Waals surface area contributed by atoms with Crippen molar-refractivity contribution >= 4 is 0 Å². The van der Waals surface area contributed by atoms with Gasteiger partial charge < -0.3 is 10.2 Å². The molecule has 3 fully saturated rings. The van der Waals surface area contributed by atoms with Crippen LogP contribution in [-0.4, -0.2) is 60.6 Å². The first-order chi connectivity index (χ1) is 8.58. The van der Waals surface area contributed by atoms with Gasteiger partial charge in [0.05, 0.1) is 0 Å². The van der Waals surface area contributed by atoms with Crippen LogP contribution < -0.4 is 5.32 Å². The van der Waals surface area contributed by atoms with Gasteiger partial charge in [0.1, 0.15) is 0 Å². The third kappa shape index (κ3) is 2.45. The number of nitrogens with zero attached hydrogens (tertiary/aromatic N) is 2. The zero-order valence-electron chi connectivity index (χ0n) is 12.3. The number of piperazine rings is 1. The normalized spacial score (nSPS) is 44.2. The summed E-state index contributed by atoms with van der Waals surface area (Å²) in [4.78, 5) is 5.32. The molecule has 2 heterocycles. The lowest BCUT2D eigenvalue weighted by atomic mass is 9.89. The predicted molar refractivity (Wildman–Crippen MR) is 75.8 cm³/mol. The Kier molecular flexibility index (Phi) is 3.41. The van der Waals surface area contributed by atoms with E-state index in [1.54, 1.807) is 0 Å². The average Bonchev–Trinajstić information content (AvgIpc) is 3.17. The van der Waals surface area contributed by atoms with E-state index in [0.717, 1.165) is 12.0 Å². The molecule has 3 heteroatoms. The Labute approximate surface area is 112 Å². The molecule has 3 nitrogen and oxygen atoms in total. The predicted octanol–water partition coefficient (Wildman–Crippen LogP) is 1.54. The van der Waals surface area contributed by atoms with E-state index in [4.69, 9.17) is 0 Å². The van der Waals surface area contributed by atoms with Gasteiger partial charge in [-0.25, -0.2) is 0 Å². The van der Waals surface area contributed by atoms with Crippen LogP contribution in [0.5, 0.6) is 0 Å². The smallest absolute Gasteiger partial charge is 0.0309 e.